The smallest absolute Gasteiger partial charge is 0.206 e. The zero-order valence-corrected chi connectivity index (χ0v) is 15.4. The Morgan fingerprint density at radius 1 is 1.07 bits per heavy atom. The maximum absolute atomic E-state index is 11.4. The van der Waals surface area contributed by atoms with Gasteiger partial charge in [0.15, 0.2) is 12.4 Å². The average Bonchev–Trinajstić information content (AvgIpc) is 3.16. The number of nitrogens with two attached hydrogens (primary N) is 1. The molecule has 6 nitrogen and oxygen atoms in total. The van der Waals surface area contributed by atoms with Gasteiger partial charge >= 0.3 is 0 Å². The molecule has 1 unspecified atom stereocenters. The molecule has 4 rings (SSSR count). The summed E-state index contributed by atoms with van der Waals surface area (Å²) >= 11 is 1.50. The van der Waals surface area contributed by atoms with Crippen molar-refractivity contribution in [3.8, 4) is 10.6 Å². The van der Waals surface area contributed by atoms with Crippen molar-refractivity contribution < 1.29 is 4.73 Å². The third-order valence-electron chi connectivity index (χ3n) is 4.36. The molecular formula is C20H19N5OS. The van der Waals surface area contributed by atoms with Crippen LogP contribution in [0.25, 0.3) is 21.3 Å². The number of pyridine rings is 1. The van der Waals surface area contributed by atoms with Gasteiger partial charge in [0, 0.05) is 29.6 Å². The molecule has 2 aromatic carbocycles. The second kappa shape index (κ2) is 7.69. The van der Waals surface area contributed by atoms with Crippen LogP contribution in [-0.2, 0) is 6.42 Å². The van der Waals surface area contributed by atoms with Gasteiger partial charge < -0.3 is 16.3 Å². The molecule has 0 aliphatic heterocycles. The third-order valence-corrected chi connectivity index (χ3v) is 5.27. The number of aromatic nitrogens is 3. The summed E-state index contributed by atoms with van der Waals surface area (Å²) in [6, 6.07) is 18.0. The summed E-state index contributed by atoms with van der Waals surface area (Å²) < 4.78 is 0.800. The first kappa shape index (κ1) is 17.4. The van der Waals surface area contributed by atoms with Crippen molar-refractivity contribution in [3.05, 3.63) is 77.8 Å². The second-order valence-electron chi connectivity index (χ2n) is 6.33. The maximum Gasteiger partial charge on any atom is 0.206 e. The number of hydrogen-bond donors (Lipinski definition) is 2. The van der Waals surface area contributed by atoms with Crippen LogP contribution in [0, 0.1) is 5.21 Å². The Hall–Kier alpha value is -3.03. The lowest BCUT2D eigenvalue weighted by Gasteiger charge is -2.15. The SMILES string of the molecule is NCC(Cc1ccccc1)Nc1nnc(-c2ccc3c[n+]([O-])ccc3c2)s1. The van der Waals surface area contributed by atoms with E-state index < -0.39 is 0 Å². The fourth-order valence-corrected chi connectivity index (χ4v) is 3.79. The lowest BCUT2D eigenvalue weighted by Crippen LogP contribution is -2.30. The molecule has 0 spiro atoms. The third kappa shape index (κ3) is 4.05. The van der Waals surface area contributed by atoms with Crippen LogP contribution in [0.4, 0.5) is 5.13 Å². The zero-order valence-electron chi connectivity index (χ0n) is 14.6. The summed E-state index contributed by atoms with van der Waals surface area (Å²) in [5, 5.41) is 26.8. The molecule has 0 radical (unpaired) electrons. The van der Waals surface area contributed by atoms with E-state index >= 15 is 0 Å². The van der Waals surface area contributed by atoms with E-state index in [-0.39, 0.29) is 6.04 Å². The number of nitrogens with zero attached hydrogens (tertiary/aromatic N) is 3. The molecule has 0 saturated carbocycles. The maximum atomic E-state index is 11.4. The number of fused-ring (bicyclic) bond motifs is 1. The van der Waals surface area contributed by atoms with Crippen LogP contribution in [0.5, 0.6) is 0 Å². The Bertz CT molecular complexity index is 1050. The molecule has 2 heterocycles. The molecule has 0 bridgehead atoms. The van der Waals surface area contributed by atoms with Gasteiger partial charge in [0.2, 0.25) is 5.13 Å². The van der Waals surface area contributed by atoms with Crippen LogP contribution < -0.4 is 15.8 Å². The Morgan fingerprint density at radius 2 is 1.93 bits per heavy atom. The average molecular weight is 377 g/mol. The van der Waals surface area contributed by atoms with Gasteiger partial charge in [-0.05, 0) is 29.5 Å². The van der Waals surface area contributed by atoms with E-state index in [9.17, 15) is 5.21 Å². The van der Waals surface area contributed by atoms with Crippen LogP contribution in [0.1, 0.15) is 5.56 Å². The van der Waals surface area contributed by atoms with Gasteiger partial charge in [-0.3, -0.25) is 0 Å². The summed E-state index contributed by atoms with van der Waals surface area (Å²) in [4.78, 5) is 0. The van der Waals surface area contributed by atoms with Crippen molar-refractivity contribution in [1.29, 1.82) is 0 Å². The normalized spacial score (nSPS) is 12.2. The van der Waals surface area contributed by atoms with E-state index in [1.807, 2.05) is 36.4 Å². The summed E-state index contributed by atoms with van der Waals surface area (Å²) in [5.41, 5.74) is 8.14. The minimum Gasteiger partial charge on any atom is -0.619 e. The van der Waals surface area contributed by atoms with E-state index in [2.05, 4.69) is 27.6 Å². The van der Waals surface area contributed by atoms with Gasteiger partial charge in [0.05, 0.1) is 0 Å². The minimum absolute atomic E-state index is 0.0947. The zero-order chi connectivity index (χ0) is 18.6. The van der Waals surface area contributed by atoms with E-state index in [4.69, 9.17) is 5.73 Å². The predicted molar refractivity (Wildman–Crippen MR) is 108 cm³/mol. The fraction of sp³-hybridized carbons (Fsp3) is 0.150. The van der Waals surface area contributed by atoms with E-state index in [0.717, 1.165) is 37.6 Å². The summed E-state index contributed by atoms with van der Waals surface area (Å²) in [7, 11) is 0. The number of nitrogens with one attached hydrogen (secondary N) is 1. The van der Waals surface area contributed by atoms with Crippen LogP contribution in [0.3, 0.4) is 0 Å². The molecule has 1 atom stereocenters. The molecule has 7 heteroatoms. The largest absolute Gasteiger partial charge is 0.619 e. The van der Waals surface area contributed by atoms with Crippen molar-refractivity contribution >= 4 is 27.2 Å². The van der Waals surface area contributed by atoms with Gasteiger partial charge in [-0.25, -0.2) is 0 Å². The lowest BCUT2D eigenvalue weighted by atomic mass is 10.1. The predicted octanol–water partition coefficient (Wildman–Crippen LogP) is 2.97. The first-order chi connectivity index (χ1) is 13.2. The summed E-state index contributed by atoms with van der Waals surface area (Å²) in [6.45, 7) is 0.509. The molecule has 0 amide bonds. The van der Waals surface area contributed by atoms with Crippen molar-refractivity contribution in [1.82, 2.24) is 10.2 Å². The molecule has 3 N–H and O–H groups in total. The first-order valence-corrected chi connectivity index (χ1v) is 9.50. The van der Waals surface area contributed by atoms with E-state index in [0.29, 0.717) is 6.54 Å². The molecular weight excluding hydrogens is 358 g/mol. The molecule has 0 aliphatic carbocycles. The highest BCUT2D eigenvalue weighted by Crippen LogP contribution is 2.29. The molecule has 2 aromatic heterocycles. The van der Waals surface area contributed by atoms with E-state index in [1.165, 1.54) is 23.1 Å². The number of benzene rings is 2. The highest BCUT2D eigenvalue weighted by Gasteiger charge is 2.13. The Kier molecular flexibility index (Phi) is 4.95. The molecule has 4 aromatic rings. The van der Waals surface area contributed by atoms with E-state index in [1.54, 1.807) is 12.3 Å². The highest BCUT2D eigenvalue weighted by atomic mass is 32.1. The second-order valence-corrected chi connectivity index (χ2v) is 7.30. The minimum atomic E-state index is 0.0947. The number of anilines is 1. The van der Waals surface area contributed by atoms with Gasteiger partial charge in [-0.1, -0.05) is 47.7 Å². The fourth-order valence-electron chi connectivity index (χ4n) is 2.97. The summed E-state index contributed by atoms with van der Waals surface area (Å²) in [6.07, 6.45) is 3.88. The van der Waals surface area contributed by atoms with Gasteiger partial charge in [0.1, 0.15) is 5.01 Å². The van der Waals surface area contributed by atoms with Gasteiger partial charge in [-0.2, -0.15) is 4.73 Å². The van der Waals surface area contributed by atoms with Gasteiger partial charge in [-0.15, -0.1) is 10.2 Å². The quantitative estimate of drug-likeness (QED) is 0.398. The van der Waals surface area contributed by atoms with Gasteiger partial charge in [0.25, 0.3) is 0 Å². The lowest BCUT2D eigenvalue weighted by molar-refractivity contribution is -0.603. The standard InChI is InChI=1S/C20H19N5OS/c21-12-18(10-14-4-2-1-3-5-14)22-20-24-23-19(27-20)16-6-7-17-13-25(26)9-8-15(17)11-16/h1-9,11,13,18H,10,12,21H2,(H,22,24). The monoisotopic (exact) mass is 377 g/mol. The van der Waals surface area contributed by atoms with Crippen molar-refractivity contribution in [2.45, 2.75) is 12.5 Å². The number of rotatable bonds is 6. The topological polar surface area (TPSA) is 90.8 Å². The van der Waals surface area contributed by atoms with Crippen LogP contribution >= 0.6 is 11.3 Å². The Labute approximate surface area is 160 Å². The molecule has 0 aliphatic rings. The van der Waals surface area contributed by atoms with Crippen molar-refractivity contribution in [3.63, 3.8) is 0 Å². The molecule has 27 heavy (non-hydrogen) atoms. The van der Waals surface area contributed by atoms with Crippen LogP contribution in [-0.4, -0.2) is 22.8 Å². The van der Waals surface area contributed by atoms with Crippen molar-refractivity contribution in [2.75, 3.05) is 11.9 Å². The molecule has 0 fully saturated rings. The first-order valence-electron chi connectivity index (χ1n) is 8.68. The molecule has 0 saturated heterocycles. The van der Waals surface area contributed by atoms with Crippen molar-refractivity contribution in [2.24, 2.45) is 5.73 Å². The van der Waals surface area contributed by atoms with Crippen LogP contribution in [0.2, 0.25) is 0 Å². The summed E-state index contributed by atoms with van der Waals surface area (Å²) in [5.74, 6) is 0. The Morgan fingerprint density at radius 3 is 2.74 bits per heavy atom. The molecule has 136 valence electrons. The highest BCUT2D eigenvalue weighted by molar-refractivity contribution is 7.18. The van der Waals surface area contributed by atoms with Crippen LogP contribution in [0.15, 0.2) is 67.0 Å². The number of hydrogen-bond acceptors (Lipinski definition) is 6. The Balaban J connectivity index is 1.51.